The largest absolute Gasteiger partial charge is 0.378 e. The lowest BCUT2D eigenvalue weighted by atomic mass is 9.95. The molecular weight excluding hydrogens is 428 g/mol. The number of benzene rings is 1. The van der Waals surface area contributed by atoms with Crippen LogP contribution < -0.4 is 15.5 Å². The van der Waals surface area contributed by atoms with Gasteiger partial charge in [0.25, 0.3) is 0 Å². The van der Waals surface area contributed by atoms with E-state index < -0.39 is 0 Å². The van der Waals surface area contributed by atoms with Crippen LogP contribution in [0.4, 0.5) is 23.0 Å². The lowest BCUT2D eigenvalue weighted by Gasteiger charge is -2.24. The van der Waals surface area contributed by atoms with Gasteiger partial charge in [0.05, 0.1) is 12.8 Å². The van der Waals surface area contributed by atoms with E-state index in [1.165, 1.54) is 43.4 Å². The normalized spacial score (nSPS) is 14.1. The van der Waals surface area contributed by atoms with Crippen LogP contribution in [0.5, 0.6) is 0 Å². The fraction of sp³-hybridized carbons (Fsp3) is 0.538. The summed E-state index contributed by atoms with van der Waals surface area (Å²) in [6.07, 6.45) is 9.20. The van der Waals surface area contributed by atoms with Gasteiger partial charge in [-0.05, 0) is 49.4 Å². The van der Waals surface area contributed by atoms with Crippen LogP contribution in [0.2, 0.25) is 0 Å². The van der Waals surface area contributed by atoms with Crippen molar-refractivity contribution in [3.8, 4) is 0 Å². The molecule has 1 aromatic carbocycles. The first-order chi connectivity index (χ1) is 16.4. The molecule has 0 saturated heterocycles. The zero-order chi connectivity index (χ0) is 24.5. The van der Waals surface area contributed by atoms with E-state index in [1.807, 2.05) is 17.6 Å². The topological polar surface area (TPSA) is 87.0 Å². The summed E-state index contributed by atoms with van der Waals surface area (Å²) >= 11 is 0. The van der Waals surface area contributed by atoms with Crippen LogP contribution in [0.15, 0.2) is 36.5 Å². The molecule has 0 amide bonds. The van der Waals surface area contributed by atoms with Crippen LogP contribution >= 0.6 is 0 Å². The Labute approximate surface area is 203 Å². The van der Waals surface area contributed by atoms with Crippen molar-refractivity contribution in [1.29, 1.82) is 0 Å². The summed E-state index contributed by atoms with van der Waals surface area (Å²) < 4.78 is 1.92. The van der Waals surface area contributed by atoms with Gasteiger partial charge >= 0.3 is 0 Å². The minimum absolute atomic E-state index is 0.372. The predicted molar refractivity (Wildman–Crippen MR) is 140 cm³/mol. The van der Waals surface area contributed by atoms with Crippen molar-refractivity contribution >= 4 is 28.7 Å². The summed E-state index contributed by atoms with van der Waals surface area (Å²) in [7, 11) is 4.10. The highest BCUT2D eigenvalue weighted by Gasteiger charge is 2.17. The van der Waals surface area contributed by atoms with Gasteiger partial charge in [0.15, 0.2) is 5.65 Å². The maximum absolute atomic E-state index is 7.57. The summed E-state index contributed by atoms with van der Waals surface area (Å²) in [4.78, 5) is 10.7. The molecule has 0 spiro atoms. The molecule has 1 aliphatic carbocycles. The molecule has 1 aliphatic rings. The number of hydrogen-bond acceptors (Lipinski definition) is 7. The molecule has 8 heteroatoms. The van der Waals surface area contributed by atoms with Gasteiger partial charge in [0, 0.05) is 43.1 Å². The van der Waals surface area contributed by atoms with Crippen molar-refractivity contribution in [1.82, 2.24) is 14.6 Å². The molecule has 2 aromatic heterocycles. The van der Waals surface area contributed by atoms with Gasteiger partial charge < -0.3 is 15.5 Å². The molecule has 34 heavy (non-hydrogen) atoms. The molecule has 0 unspecified atom stereocenters. The van der Waals surface area contributed by atoms with E-state index in [-0.39, 0.29) is 0 Å². The van der Waals surface area contributed by atoms with Gasteiger partial charge in [-0.15, -0.1) is 0 Å². The van der Waals surface area contributed by atoms with E-state index in [0.29, 0.717) is 18.6 Å². The van der Waals surface area contributed by atoms with Crippen molar-refractivity contribution in [2.24, 2.45) is 0 Å². The summed E-state index contributed by atoms with van der Waals surface area (Å²) in [6.45, 7) is 6.75. The first-order valence-corrected chi connectivity index (χ1v) is 12.4. The molecule has 3 aromatic rings. The third-order valence-corrected chi connectivity index (χ3v) is 6.03. The van der Waals surface area contributed by atoms with Gasteiger partial charge in [-0.3, -0.25) is 5.26 Å². The average Bonchev–Trinajstić information content (AvgIpc) is 3.26. The van der Waals surface area contributed by atoms with Gasteiger partial charge in [0.2, 0.25) is 0 Å². The zero-order valence-corrected chi connectivity index (χ0v) is 21.2. The fourth-order valence-electron chi connectivity index (χ4n) is 4.09. The van der Waals surface area contributed by atoms with E-state index in [4.69, 9.17) is 10.2 Å². The number of nitrogens with zero attached hydrogens (tertiary/aromatic N) is 4. The van der Waals surface area contributed by atoms with Crippen molar-refractivity contribution in [3.63, 3.8) is 0 Å². The van der Waals surface area contributed by atoms with Gasteiger partial charge in [-0.25, -0.2) is 9.87 Å². The molecule has 1 fully saturated rings. The quantitative estimate of drug-likeness (QED) is 0.264. The standard InChI is InChI=1S/C23H32N6.C3H8O2/c1-16(2)20-15-24-29-22(26-18-10-12-19(13-11-18)28(3)4)14-21(27-23(20)29)25-17-8-6-5-7-9-17;1-2-3-5-4/h10-17,26H,5-9H2,1-4H3,(H,25,27);4H,2-3H2,1H3. The smallest absolute Gasteiger partial charge is 0.163 e. The molecular formula is C26H40N6O2. The Morgan fingerprint density at radius 2 is 1.85 bits per heavy atom. The Hall–Kier alpha value is -2.84. The zero-order valence-electron chi connectivity index (χ0n) is 21.2. The fourth-order valence-corrected chi connectivity index (χ4v) is 4.09. The molecule has 3 N–H and O–H groups in total. The third kappa shape index (κ3) is 6.84. The first-order valence-electron chi connectivity index (χ1n) is 12.4. The lowest BCUT2D eigenvalue weighted by molar-refractivity contribution is -0.241. The monoisotopic (exact) mass is 468 g/mol. The number of anilines is 4. The van der Waals surface area contributed by atoms with E-state index in [2.05, 4.69) is 83.8 Å². The van der Waals surface area contributed by atoms with Gasteiger partial charge in [-0.1, -0.05) is 40.0 Å². The Bertz CT molecular complexity index is 1010. The molecule has 0 radical (unpaired) electrons. The third-order valence-electron chi connectivity index (χ3n) is 6.03. The van der Waals surface area contributed by atoms with E-state index >= 15 is 0 Å². The second-order valence-corrected chi connectivity index (χ2v) is 9.40. The van der Waals surface area contributed by atoms with Gasteiger partial charge in [-0.2, -0.15) is 9.61 Å². The molecule has 1 saturated carbocycles. The predicted octanol–water partition coefficient (Wildman–Crippen LogP) is 6.29. The second-order valence-electron chi connectivity index (χ2n) is 9.40. The van der Waals surface area contributed by atoms with Crippen molar-refractivity contribution < 1.29 is 10.1 Å². The highest BCUT2D eigenvalue weighted by atomic mass is 17.1. The van der Waals surface area contributed by atoms with E-state index in [0.717, 1.165) is 29.4 Å². The van der Waals surface area contributed by atoms with Crippen molar-refractivity contribution in [2.45, 2.75) is 71.3 Å². The molecule has 4 rings (SSSR count). The SMILES string of the molecule is CC(C)c1cnn2c(Nc3ccc(N(C)C)cc3)cc(NC3CCCCC3)nc12.CCCOO. The molecule has 186 valence electrons. The minimum Gasteiger partial charge on any atom is -0.378 e. The summed E-state index contributed by atoms with van der Waals surface area (Å²) in [5.41, 5.74) is 4.31. The molecule has 0 atom stereocenters. The number of aromatic nitrogens is 3. The number of nitrogens with one attached hydrogen (secondary N) is 2. The maximum Gasteiger partial charge on any atom is 0.163 e. The van der Waals surface area contributed by atoms with Crippen LogP contribution in [-0.4, -0.2) is 46.6 Å². The van der Waals surface area contributed by atoms with Crippen LogP contribution in [-0.2, 0) is 4.89 Å². The summed E-state index contributed by atoms with van der Waals surface area (Å²) in [5, 5.41) is 19.4. The second kappa shape index (κ2) is 12.6. The Morgan fingerprint density at radius 1 is 1.15 bits per heavy atom. The molecule has 8 nitrogen and oxygen atoms in total. The highest BCUT2D eigenvalue weighted by Crippen LogP contribution is 2.28. The van der Waals surface area contributed by atoms with Crippen molar-refractivity contribution in [3.05, 3.63) is 42.1 Å². The minimum atomic E-state index is 0.372. The van der Waals surface area contributed by atoms with Crippen molar-refractivity contribution in [2.75, 3.05) is 36.2 Å². The number of fused-ring (bicyclic) bond motifs is 1. The molecule has 2 heterocycles. The van der Waals surface area contributed by atoms with Crippen LogP contribution in [0.25, 0.3) is 5.65 Å². The lowest BCUT2D eigenvalue weighted by Crippen LogP contribution is -2.23. The highest BCUT2D eigenvalue weighted by molar-refractivity contribution is 5.67. The molecule has 0 bridgehead atoms. The summed E-state index contributed by atoms with van der Waals surface area (Å²) in [5.74, 6) is 2.23. The van der Waals surface area contributed by atoms with Crippen LogP contribution in [0.3, 0.4) is 0 Å². The number of hydrogen-bond donors (Lipinski definition) is 3. The Kier molecular flexibility index (Phi) is 9.53. The van der Waals surface area contributed by atoms with E-state index in [1.54, 1.807) is 0 Å². The summed E-state index contributed by atoms with van der Waals surface area (Å²) in [6, 6.07) is 11.0. The van der Waals surface area contributed by atoms with Gasteiger partial charge in [0.1, 0.15) is 11.6 Å². The maximum atomic E-state index is 7.57. The first kappa shape index (κ1) is 25.8. The Balaban J connectivity index is 0.000000588. The Morgan fingerprint density at radius 3 is 2.41 bits per heavy atom. The molecule has 0 aliphatic heterocycles. The van der Waals surface area contributed by atoms with Crippen LogP contribution in [0, 0.1) is 0 Å². The number of rotatable bonds is 8. The van der Waals surface area contributed by atoms with E-state index in [9.17, 15) is 0 Å². The van der Waals surface area contributed by atoms with Crippen LogP contribution in [0.1, 0.15) is 70.8 Å². The average molecular weight is 469 g/mol.